The van der Waals surface area contributed by atoms with Crippen LogP contribution in [0.15, 0.2) is 10.9 Å². The van der Waals surface area contributed by atoms with Crippen LogP contribution in [0.2, 0.25) is 5.15 Å². The highest BCUT2D eigenvalue weighted by atomic mass is 35.5. The van der Waals surface area contributed by atoms with Crippen molar-refractivity contribution in [2.45, 2.75) is 12.3 Å². The van der Waals surface area contributed by atoms with Gasteiger partial charge in [-0.3, -0.25) is 9.89 Å². The summed E-state index contributed by atoms with van der Waals surface area (Å²) >= 11 is 7.12. The normalized spacial score (nSPS) is 18.7. The van der Waals surface area contributed by atoms with Gasteiger partial charge in [-0.2, -0.15) is 9.64 Å². The Bertz CT molecular complexity index is 696. The second-order valence-electron chi connectivity index (χ2n) is 4.41. The molecule has 0 amide bonds. The summed E-state index contributed by atoms with van der Waals surface area (Å²) in [4.78, 5) is 13.2. The van der Waals surface area contributed by atoms with Gasteiger partial charge in [0.2, 0.25) is 0 Å². The van der Waals surface area contributed by atoms with E-state index in [1.807, 2.05) is 0 Å². The molecule has 3 heterocycles. The quantitative estimate of drug-likeness (QED) is 0.882. The number of aromatic amines is 2. The number of hydrogen-bond acceptors (Lipinski definition) is 5. The molecule has 1 atom stereocenters. The zero-order valence-electron chi connectivity index (χ0n) is 9.81. The van der Waals surface area contributed by atoms with Gasteiger partial charge in [-0.25, -0.2) is 0 Å². The van der Waals surface area contributed by atoms with E-state index in [-0.39, 0.29) is 16.6 Å². The molecule has 0 radical (unpaired) electrons. The average molecular weight is 296 g/mol. The van der Waals surface area contributed by atoms with Crippen LogP contribution in [-0.4, -0.2) is 27.7 Å². The number of nitrogens with one attached hydrogen (secondary N) is 2. The molecule has 2 N–H and O–H groups in total. The lowest BCUT2D eigenvalue weighted by Crippen LogP contribution is -2.19. The Balaban J connectivity index is 1.83. The molecule has 8 heteroatoms. The van der Waals surface area contributed by atoms with Crippen LogP contribution in [0.1, 0.15) is 23.6 Å². The van der Waals surface area contributed by atoms with E-state index in [0.29, 0.717) is 5.56 Å². The van der Waals surface area contributed by atoms with Crippen molar-refractivity contribution in [1.82, 2.24) is 14.6 Å². The molecule has 19 heavy (non-hydrogen) atoms. The Kier molecular flexibility index (Phi) is 3.05. The number of halogens is 1. The number of H-pyrrole nitrogens is 2. The molecule has 3 rings (SSSR count). The Morgan fingerprint density at radius 1 is 1.58 bits per heavy atom. The highest BCUT2D eigenvalue weighted by Gasteiger charge is 2.28. The Labute approximate surface area is 117 Å². The fourth-order valence-corrected chi connectivity index (χ4v) is 3.40. The zero-order valence-corrected chi connectivity index (χ0v) is 11.4. The van der Waals surface area contributed by atoms with Crippen LogP contribution in [0.25, 0.3) is 0 Å². The van der Waals surface area contributed by atoms with Crippen molar-refractivity contribution in [3.8, 4) is 6.07 Å². The molecule has 2 aromatic rings. The molecule has 1 aliphatic rings. The van der Waals surface area contributed by atoms with Crippen molar-refractivity contribution < 1.29 is 0 Å². The van der Waals surface area contributed by atoms with Crippen molar-refractivity contribution in [3.05, 3.63) is 32.8 Å². The molecule has 0 aliphatic carbocycles. The molecular weight excluding hydrogens is 286 g/mol. The minimum Gasteiger partial charge on any atom is -0.360 e. The largest absolute Gasteiger partial charge is 0.360 e. The van der Waals surface area contributed by atoms with Gasteiger partial charge in [-0.15, -0.1) is 0 Å². The molecule has 2 aromatic heterocycles. The fraction of sp³-hybridized carbons (Fsp3) is 0.364. The van der Waals surface area contributed by atoms with Gasteiger partial charge in [-0.1, -0.05) is 11.6 Å². The van der Waals surface area contributed by atoms with Gasteiger partial charge in [0.05, 0.1) is 0 Å². The number of aromatic nitrogens is 3. The minimum atomic E-state index is -0.119. The first-order chi connectivity index (χ1) is 9.19. The molecule has 0 spiro atoms. The molecule has 0 unspecified atom stereocenters. The zero-order chi connectivity index (χ0) is 13.4. The summed E-state index contributed by atoms with van der Waals surface area (Å²) in [5.41, 5.74) is 1.23. The van der Waals surface area contributed by atoms with Gasteiger partial charge >= 0.3 is 0 Å². The van der Waals surface area contributed by atoms with Crippen molar-refractivity contribution >= 4 is 28.1 Å². The molecular formula is C11H10ClN5OS. The summed E-state index contributed by atoms with van der Waals surface area (Å²) in [5, 5.41) is 15.6. The van der Waals surface area contributed by atoms with Crippen LogP contribution in [0.5, 0.6) is 0 Å². The van der Waals surface area contributed by atoms with Crippen LogP contribution >= 0.6 is 23.1 Å². The molecule has 0 aromatic carbocycles. The van der Waals surface area contributed by atoms with Crippen LogP contribution in [0, 0.1) is 11.3 Å². The van der Waals surface area contributed by atoms with Crippen molar-refractivity contribution in [2.75, 3.05) is 18.0 Å². The highest BCUT2D eigenvalue weighted by molar-refractivity contribution is 7.10. The van der Waals surface area contributed by atoms with E-state index in [2.05, 4.69) is 25.5 Å². The van der Waals surface area contributed by atoms with Crippen molar-refractivity contribution in [2.24, 2.45) is 0 Å². The maximum Gasteiger partial charge on any atom is 0.264 e. The minimum absolute atomic E-state index is 0.119. The van der Waals surface area contributed by atoms with Crippen LogP contribution < -0.4 is 10.5 Å². The molecule has 1 fully saturated rings. The van der Waals surface area contributed by atoms with E-state index < -0.39 is 0 Å². The van der Waals surface area contributed by atoms with Crippen LogP contribution in [0.3, 0.4) is 0 Å². The number of rotatable bonds is 2. The predicted molar refractivity (Wildman–Crippen MR) is 72.8 cm³/mol. The van der Waals surface area contributed by atoms with Crippen LogP contribution in [-0.2, 0) is 0 Å². The molecule has 0 bridgehead atoms. The lowest BCUT2D eigenvalue weighted by atomic mass is 10.1. The average Bonchev–Trinajstić information content (AvgIpc) is 3.07. The highest BCUT2D eigenvalue weighted by Crippen LogP contribution is 2.36. The first-order valence-electron chi connectivity index (χ1n) is 5.77. The number of nitriles is 1. The van der Waals surface area contributed by atoms with Gasteiger partial charge < -0.3 is 10.00 Å². The van der Waals surface area contributed by atoms with E-state index in [1.165, 1.54) is 11.5 Å². The Morgan fingerprint density at radius 2 is 2.42 bits per heavy atom. The third kappa shape index (κ3) is 2.13. The summed E-state index contributed by atoms with van der Waals surface area (Å²) in [6.45, 7) is 1.58. The maximum atomic E-state index is 11.1. The number of nitrogens with zero attached hydrogens (tertiary/aromatic N) is 3. The number of hydrogen-bond donors (Lipinski definition) is 2. The van der Waals surface area contributed by atoms with E-state index in [9.17, 15) is 4.79 Å². The van der Waals surface area contributed by atoms with Gasteiger partial charge in [0.1, 0.15) is 16.6 Å². The fourth-order valence-electron chi connectivity index (χ4n) is 2.34. The molecule has 1 aliphatic heterocycles. The summed E-state index contributed by atoms with van der Waals surface area (Å²) in [7, 11) is 0. The van der Waals surface area contributed by atoms with E-state index in [0.717, 1.165) is 30.2 Å². The SMILES string of the molecule is N#Cc1c(Cl)nsc1N1CC[C@H](c2cc(=O)[nH][nH]2)C1. The Hall–Kier alpha value is -1.78. The molecule has 98 valence electrons. The first-order valence-corrected chi connectivity index (χ1v) is 6.92. The van der Waals surface area contributed by atoms with E-state index in [4.69, 9.17) is 16.9 Å². The van der Waals surface area contributed by atoms with Gasteiger partial charge in [0.15, 0.2) is 5.15 Å². The summed E-state index contributed by atoms with van der Waals surface area (Å²) in [6, 6.07) is 3.67. The summed E-state index contributed by atoms with van der Waals surface area (Å²) in [6.07, 6.45) is 0.925. The molecule has 0 saturated carbocycles. The standard InChI is InChI=1S/C11H10ClN5OS/c12-10-7(4-13)11(19-16-10)17-2-1-6(5-17)8-3-9(18)15-14-8/h3,6H,1-2,5H2,(H2,14,15,18)/t6-/m0/s1. The summed E-state index contributed by atoms with van der Waals surface area (Å²) in [5.74, 6) is 0.256. The third-order valence-corrected chi connectivity index (χ3v) is 4.56. The maximum absolute atomic E-state index is 11.1. The van der Waals surface area contributed by atoms with Crippen LogP contribution in [0.4, 0.5) is 5.00 Å². The van der Waals surface area contributed by atoms with Crippen molar-refractivity contribution in [1.29, 1.82) is 5.26 Å². The lowest BCUT2D eigenvalue weighted by Gasteiger charge is -2.15. The second-order valence-corrected chi connectivity index (χ2v) is 5.52. The lowest BCUT2D eigenvalue weighted by molar-refractivity contribution is 0.738. The van der Waals surface area contributed by atoms with Gasteiger partial charge in [-0.05, 0) is 18.0 Å². The topological polar surface area (TPSA) is 88.6 Å². The van der Waals surface area contributed by atoms with E-state index in [1.54, 1.807) is 6.07 Å². The molecule has 6 nitrogen and oxygen atoms in total. The van der Waals surface area contributed by atoms with Gasteiger partial charge in [0, 0.05) is 30.8 Å². The van der Waals surface area contributed by atoms with E-state index >= 15 is 0 Å². The monoisotopic (exact) mass is 295 g/mol. The molecule has 1 saturated heterocycles. The first kappa shape index (κ1) is 12.3. The summed E-state index contributed by atoms with van der Waals surface area (Å²) < 4.78 is 4.01. The van der Waals surface area contributed by atoms with Gasteiger partial charge in [0.25, 0.3) is 5.56 Å². The number of anilines is 1. The smallest absolute Gasteiger partial charge is 0.264 e. The third-order valence-electron chi connectivity index (χ3n) is 3.28. The second kappa shape index (κ2) is 4.72. The predicted octanol–water partition coefficient (Wildman–Crippen LogP) is 1.68. The Morgan fingerprint density at radius 3 is 3.11 bits per heavy atom. The van der Waals surface area contributed by atoms with Crippen molar-refractivity contribution in [3.63, 3.8) is 0 Å².